The molecule has 7 nitrogen and oxygen atoms in total. The normalized spacial score (nSPS) is 29.0. The number of nitrogens with one attached hydrogen (secondary N) is 1. The van der Waals surface area contributed by atoms with Crippen molar-refractivity contribution in [3.05, 3.63) is 24.4 Å². The number of aromatic nitrogens is 1. The maximum Gasteiger partial charge on any atom is 0.224 e. The average Bonchev–Trinajstić information content (AvgIpc) is 2.80. The lowest BCUT2D eigenvalue weighted by atomic mass is 9.58. The molecule has 4 aliphatic rings. The van der Waals surface area contributed by atoms with Crippen LogP contribution in [0.4, 0.5) is 5.82 Å². The molecule has 1 aromatic rings. The molecule has 2 atom stereocenters. The number of carbonyl (C=O) groups is 2. The van der Waals surface area contributed by atoms with Gasteiger partial charge < -0.3 is 16.0 Å². The fourth-order valence-electron chi connectivity index (χ4n) is 5.77. The lowest BCUT2D eigenvalue weighted by Gasteiger charge is -2.46. The van der Waals surface area contributed by atoms with Crippen molar-refractivity contribution in [2.75, 3.05) is 44.2 Å². The molecule has 1 saturated heterocycles. The first kappa shape index (κ1) is 21.1. The first-order valence-electron chi connectivity index (χ1n) is 11.6. The Labute approximate surface area is 179 Å². The van der Waals surface area contributed by atoms with E-state index in [2.05, 4.69) is 26.2 Å². The molecule has 2 unspecified atom stereocenters. The van der Waals surface area contributed by atoms with Gasteiger partial charge >= 0.3 is 0 Å². The summed E-state index contributed by atoms with van der Waals surface area (Å²) < 4.78 is 0. The van der Waals surface area contributed by atoms with E-state index in [0.29, 0.717) is 18.4 Å². The van der Waals surface area contributed by atoms with Crippen LogP contribution in [0.2, 0.25) is 0 Å². The number of anilines is 1. The summed E-state index contributed by atoms with van der Waals surface area (Å²) in [5.74, 6) is 1.02. The minimum absolute atomic E-state index is 0.0529. The van der Waals surface area contributed by atoms with Gasteiger partial charge in [0.1, 0.15) is 5.82 Å². The third kappa shape index (κ3) is 4.77. The second kappa shape index (κ2) is 9.77. The smallest absolute Gasteiger partial charge is 0.224 e. The molecule has 3 aliphatic carbocycles. The highest BCUT2D eigenvalue weighted by molar-refractivity contribution is 5.87. The number of nitrogens with two attached hydrogens (primary N) is 1. The van der Waals surface area contributed by atoms with Gasteiger partial charge in [0.05, 0.1) is 11.8 Å². The molecule has 164 valence electrons. The van der Waals surface area contributed by atoms with Crippen molar-refractivity contribution in [3.8, 4) is 0 Å². The molecule has 2 bridgehead atoms. The van der Waals surface area contributed by atoms with Crippen molar-refractivity contribution in [3.63, 3.8) is 0 Å². The number of carbonyl (C=O) groups excluding carboxylic acids is 2. The standard InChI is InChI=1S/C23H35N5O2/c24-22(29)20-17-6-8-18(9-7-17)21(20)23(30)26-11-3-4-12-27-13-15-28(16-14-27)19-5-1-2-10-25-19/h1-2,5,10,17-18,20-21H,3-4,6-9,11-16H2,(H2,24,29)(H,26,30). The quantitative estimate of drug-likeness (QED) is 0.632. The Morgan fingerprint density at radius 3 is 2.33 bits per heavy atom. The maximum atomic E-state index is 12.8. The molecule has 1 aromatic heterocycles. The number of fused-ring (bicyclic) bond motifs is 3. The first-order chi connectivity index (χ1) is 14.6. The largest absolute Gasteiger partial charge is 0.369 e. The average molecular weight is 414 g/mol. The van der Waals surface area contributed by atoms with E-state index < -0.39 is 0 Å². The summed E-state index contributed by atoms with van der Waals surface area (Å²) in [7, 11) is 0. The summed E-state index contributed by atoms with van der Waals surface area (Å²) in [6.07, 6.45) is 8.12. The van der Waals surface area contributed by atoms with E-state index in [0.717, 1.165) is 77.1 Å². The van der Waals surface area contributed by atoms with Gasteiger partial charge in [0.2, 0.25) is 11.8 Å². The Balaban J connectivity index is 1.14. The lowest BCUT2D eigenvalue weighted by Crippen LogP contribution is -2.52. The summed E-state index contributed by atoms with van der Waals surface area (Å²) in [5.41, 5.74) is 5.66. The number of piperazine rings is 1. The van der Waals surface area contributed by atoms with Crippen molar-refractivity contribution < 1.29 is 9.59 Å². The van der Waals surface area contributed by atoms with Gasteiger partial charge in [0.15, 0.2) is 0 Å². The molecule has 3 saturated carbocycles. The Hall–Kier alpha value is -2.15. The number of pyridine rings is 1. The van der Waals surface area contributed by atoms with Crippen LogP contribution in [0.5, 0.6) is 0 Å². The van der Waals surface area contributed by atoms with Crippen LogP contribution in [0, 0.1) is 23.7 Å². The molecule has 30 heavy (non-hydrogen) atoms. The molecule has 0 radical (unpaired) electrons. The van der Waals surface area contributed by atoms with E-state index in [4.69, 9.17) is 5.73 Å². The highest BCUT2D eigenvalue weighted by atomic mass is 16.2. The SMILES string of the molecule is NC(=O)C1C2CCC(CC2)C1C(=O)NCCCCN1CCN(c2ccccn2)CC1. The number of unbranched alkanes of at least 4 members (excludes halogenated alkanes) is 1. The van der Waals surface area contributed by atoms with Crippen molar-refractivity contribution in [1.82, 2.24) is 15.2 Å². The molecular formula is C23H35N5O2. The molecule has 1 aliphatic heterocycles. The summed E-state index contributed by atoms with van der Waals surface area (Å²) >= 11 is 0. The van der Waals surface area contributed by atoms with Gasteiger partial charge in [-0.3, -0.25) is 14.5 Å². The molecule has 4 fully saturated rings. The van der Waals surface area contributed by atoms with Gasteiger partial charge in [-0.05, 0) is 69.0 Å². The number of hydrogen-bond acceptors (Lipinski definition) is 5. The van der Waals surface area contributed by atoms with E-state index >= 15 is 0 Å². The van der Waals surface area contributed by atoms with E-state index in [1.807, 2.05) is 18.3 Å². The van der Waals surface area contributed by atoms with Gasteiger partial charge in [0, 0.05) is 38.9 Å². The van der Waals surface area contributed by atoms with Crippen LogP contribution in [-0.2, 0) is 9.59 Å². The molecule has 7 heteroatoms. The molecular weight excluding hydrogens is 378 g/mol. The van der Waals surface area contributed by atoms with E-state index in [1.54, 1.807) is 0 Å². The minimum Gasteiger partial charge on any atom is -0.369 e. The van der Waals surface area contributed by atoms with E-state index in [9.17, 15) is 9.59 Å². The zero-order chi connectivity index (χ0) is 20.9. The maximum absolute atomic E-state index is 12.8. The zero-order valence-corrected chi connectivity index (χ0v) is 17.8. The molecule has 3 N–H and O–H groups in total. The molecule has 0 spiro atoms. The number of primary amides is 1. The van der Waals surface area contributed by atoms with Crippen molar-refractivity contribution in [1.29, 1.82) is 0 Å². The highest BCUT2D eigenvalue weighted by Crippen LogP contribution is 2.48. The summed E-state index contributed by atoms with van der Waals surface area (Å²) in [4.78, 5) is 34.0. The Bertz CT molecular complexity index is 712. The third-order valence-electron chi connectivity index (χ3n) is 7.40. The Morgan fingerprint density at radius 1 is 1.00 bits per heavy atom. The first-order valence-corrected chi connectivity index (χ1v) is 11.6. The topological polar surface area (TPSA) is 91.6 Å². The van der Waals surface area contributed by atoms with Gasteiger partial charge in [-0.2, -0.15) is 0 Å². The van der Waals surface area contributed by atoms with Gasteiger partial charge in [-0.15, -0.1) is 0 Å². The van der Waals surface area contributed by atoms with Gasteiger partial charge in [0.25, 0.3) is 0 Å². The third-order valence-corrected chi connectivity index (χ3v) is 7.40. The summed E-state index contributed by atoms with van der Waals surface area (Å²) in [6, 6.07) is 6.05. The number of amides is 2. The highest BCUT2D eigenvalue weighted by Gasteiger charge is 2.49. The second-order valence-electron chi connectivity index (χ2n) is 9.14. The second-order valence-corrected chi connectivity index (χ2v) is 9.14. The zero-order valence-electron chi connectivity index (χ0n) is 17.8. The minimum atomic E-state index is -0.283. The van der Waals surface area contributed by atoms with E-state index in [1.165, 1.54) is 0 Å². The Kier molecular flexibility index (Phi) is 6.87. The summed E-state index contributed by atoms with van der Waals surface area (Å²) in [5, 5.41) is 3.11. The lowest BCUT2D eigenvalue weighted by molar-refractivity contribution is -0.144. The predicted molar refractivity (Wildman–Crippen MR) is 117 cm³/mol. The Morgan fingerprint density at radius 2 is 1.70 bits per heavy atom. The number of nitrogens with zero attached hydrogens (tertiary/aromatic N) is 3. The fourth-order valence-corrected chi connectivity index (χ4v) is 5.77. The van der Waals surface area contributed by atoms with Crippen LogP contribution in [0.15, 0.2) is 24.4 Å². The molecule has 5 rings (SSSR count). The van der Waals surface area contributed by atoms with Gasteiger partial charge in [-0.1, -0.05) is 6.07 Å². The monoisotopic (exact) mass is 413 g/mol. The van der Waals surface area contributed by atoms with Crippen LogP contribution in [0.3, 0.4) is 0 Å². The summed E-state index contributed by atoms with van der Waals surface area (Å²) in [6.45, 7) is 5.86. The fraction of sp³-hybridized carbons (Fsp3) is 0.696. The van der Waals surface area contributed by atoms with Crippen LogP contribution >= 0.6 is 0 Å². The van der Waals surface area contributed by atoms with Crippen LogP contribution in [0.1, 0.15) is 38.5 Å². The van der Waals surface area contributed by atoms with Gasteiger partial charge in [-0.25, -0.2) is 4.98 Å². The van der Waals surface area contributed by atoms with Crippen LogP contribution in [-0.4, -0.2) is 61.0 Å². The molecule has 2 heterocycles. The van der Waals surface area contributed by atoms with Crippen molar-refractivity contribution >= 4 is 17.6 Å². The molecule has 2 amide bonds. The number of hydrogen-bond donors (Lipinski definition) is 2. The van der Waals surface area contributed by atoms with Crippen molar-refractivity contribution in [2.45, 2.75) is 38.5 Å². The van der Waals surface area contributed by atoms with Crippen LogP contribution < -0.4 is 16.0 Å². The van der Waals surface area contributed by atoms with Crippen LogP contribution in [0.25, 0.3) is 0 Å². The predicted octanol–water partition coefficient (Wildman–Crippen LogP) is 1.64. The van der Waals surface area contributed by atoms with E-state index in [-0.39, 0.29) is 23.7 Å². The molecule has 0 aromatic carbocycles. The number of rotatable bonds is 8. The van der Waals surface area contributed by atoms with Crippen molar-refractivity contribution in [2.24, 2.45) is 29.4 Å².